The Morgan fingerprint density at radius 3 is 2.71 bits per heavy atom. The summed E-state index contributed by atoms with van der Waals surface area (Å²) in [6.45, 7) is 2.81. The first-order chi connectivity index (χ1) is 13.8. The summed E-state index contributed by atoms with van der Waals surface area (Å²) in [4.78, 5) is 17.0. The summed E-state index contributed by atoms with van der Waals surface area (Å²) in [6, 6.07) is 14.8. The number of fused-ring (bicyclic) bond motifs is 5. The first kappa shape index (κ1) is 17.7. The van der Waals surface area contributed by atoms with Gasteiger partial charge < -0.3 is 9.47 Å². The maximum atomic E-state index is 13.3. The highest BCUT2D eigenvalue weighted by Crippen LogP contribution is 2.44. The van der Waals surface area contributed by atoms with Crippen molar-refractivity contribution < 1.29 is 4.79 Å². The van der Waals surface area contributed by atoms with Gasteiger partial charge >= 0.3 is 0 Å². The Hall–Kier alpha value is -2.33. The van der Waals surface area contributed by atoms with Crippen molar-refractivity contribution in [3.63, 3.8) is 0 Å². The molecule has 3 nitrogen and oxygen atoms in total. The van der Waals surface area contributed by atoms with Gasteiger partial charge in [-0.25, -0.2) is 0 Å². The van der Waals surface area contributed by atoms with Crippen molar-refractivity contribution in [2.24, 2.45) is 0 Å². The number of thiophene rings is 1. The molecule has 3 aromatic rings. The SMILES string of the molecule is CCCC(=O)N1Cc2c(sc3c2CCCC3)-n2cccc2[C@@H]1c1ccccc1. The van der Waals surface area contributed by atoms with Crippen molar-refractivity contribution in [2.75, 3.05) is 0 Å². The van der Waals surface area contributed by atoms with E-state index in [9.17, 15) is 4.79 Å². The first-order valence-corrected chi connectivity index (χ1v) is 11.2. The molecule has 0 fully saturated rings. The van der Waals surface area contributed by atoms with Gasteiger partial charge in [0.1, 0.15) is 5.00 Å². The molecule has 144 valence electrons. The third-order valence-corrected chi connectivity index (χ3v) is 7.41. The molecular weight excluding hydrogens is 364 g/mol. The van der Waals surface area contributed by atoms with Gasteiger partial charge in [-0.3, -0.25) is 4.79 Å². The third-order valence-electron chi connectivity index (χ3n) is 6.08. The van der Waals surface area contributed by atoms with Gasteiger partial charge in [0, 0.05) is 29.6 Å². The number of carbonyl (C=O) groups excluding carboxylic acids is 1. The molecule has 4 heteroatoms. The topological polar surface area (TPSA) is 25.2 Å². The second-order valence-electron chi connectivity index (χ2n) is 7.88. The molecule has 0 radical (unpaired) electrons. The number of rotatable bonds is 3. The fraction of sp³-hybridized carbons (Fsp3) is 0.375. The quantitative estimate of drug-likeness (QED) is 0.567. The Balaban J connectivity index is 1.71. The molecule has 1 aromatic carbocycles. The van der Waals surface area contributed by atoms with Gasteiger partial charge in [0.15, 0.2) is 0 Å². The van der Waals surface area contributed by atoms with Crippen molar-refractivity contribution in [1.82, 2.24) is 9.47 Å². The van der Waals surface area contributed by atoms with Crippen molar-refractivity contribution >= 4 is 17.2 Å². The van der Waals surface area contributed by atoms with Gasteiger partial charge in [-0.2, -0.15) is 0 Å². The zero-order chi connectivity index (χ0) is 19.1. The average molecular weight is 391 g/mol. The predicted octanol–water partition coefficient (Wildman–Crippen LogP) is 5.65. The first-order valence-electron chi connectivity index (χ1n) is 10.4. The molecule has 1 aliphatic heterocycles. The number of hydrogen-bond acceptors (Lipinski definition) is 2. The van der Waals surface area contributed by atoms with Crippen LogP contribution >= 0.6 is 11.3 Å². The molecule has 0 bridgehead atoms. The van der Waals surface area contributed by atoms with E-state index in [0.29, 0.717) is 6.42 Å². The van der Waals surface area contributed by atoms with E-state index in [1.165, 1.54) is 51.5 Å². The van der Waals surface area contributed by atoms with E-state index >= 15 is 0 Å². The number of amides is 1. The Morgan fingerprint density at radius 1 is 1.07 bits per heavy atom. The van der Waals surface area contributed by atoms with Crippen LogP contribution in [0, 0.1) is 0 Å². The van der Waals surface area contributed by atoms with E-state index in [0.717, 1.165) is 19.4 Å². The number of aromatic nitrogens is 1. The van der Waals surface area contributed by atoms with Crippen LogP contribution in [0.15, 0.2) is 48.7 Å². The zero-order valence-corrected chi connectivity index (χ0v) is 17.2. The van der Waals surface area contributed by atoms with Crippen molar-refractivity contribution in [3.05, 3.63) is 75.9 Å². The highest BCUT2D eigenvalue weighted by atomic mass is 32.1. The second-order valence-corrected chi connectivity index (χ2v) is 8.97. The summed E-state index contributed by atoms with van der Waals surface area (Å²) in [6.07, 6.45) is 8.56. The van der Waals surface area contributed by atoms with E-state index in [1.54, 1.807) is 0 Å². The molecule has 0 saturated carbocycles. The third kappa shape index (κ3) is 2.82. The maximum Gasteiger partial charge on any atom is 0.223 e. The summed E-state index contributed by atoms with van der Waals surface area (Å²) >= 11 is 1.95. The minimum Gasteiger partial charge on any atom is -0.326 e. The van der Waals surface area contributed by atoms with Gasteiger partial charge in [-0.15, -0.1) is 11.3 Å². The van der Waals surface area contributed by atoms with E-state index in [2.05, 4.69) is 59.0 Å². The molecule has 0 saturated heterocycles. The molecule has 5 rings (SSSR count). The second kappa shape index (κ2) is 7.25. The zero-order valence-electron chi connectivity index (χ0n) is 16.4. The van der Waals surface area contributed by atoms with Crippen LogP contribution in [-0.4, -0.2) is 15.4 Å². The van der Waals surface area contributed by atoms with Crippen LogP contribution in [-0.2, 0) is 24.2 Å². The van der Waals surface area contributed by atoms with Gasteiger partial charge in [-0.05, 0) is 55.4 Å². The fourth-order valence-corrected chi connectivity index (χ4v) is 6.18. The Kier molecular flexibility index (Phi) is 4.59. The Bertz CT molecular complexity index is 1000. The van der Waals surface area contributed by atoms with Crippen LogP contribution in [0.1, 0.15) is 65.9 Å². The van der Waals surface area contributed by atoms with Gasteiger partial charge in [-0.1, -0.05) is 37.3 Å². The van der Waals surface area contributed by atoms with Crippen LogP contribution in [0.4, 0.5) is 0 Å². The molecule has 2 aliphatic rings. The lowest BCUT2D eigenvalue weighted by Crippen LogP contribution is -2.34. The summed E-state index contributed by atoms with van der Waals surface area (Å²) in [7, 11) is 0. The fourth-order valence-electron chi connectivity index (χ4n) is 4.77. The van der Waals surface area contributed by atoms with Crippen molar-refractivity contribution in [3.8, 4) is 5.00 Å². The van der Waals surface area contributed by atoms with E-state index in [4.69, 9.17) is 0 Å². The largest absolute Gasteiger partial charge is 0.326 e. The number of hydrogen-bond donors (Lipinski definition) is 0. The van der Waals surface area contributed by atoms with E-state index < -0.39 is 0 Å². The van der Waals surface area contributed by atoms with Gasteiger partial charge in [0.05, 0.1) is 11.7 Å². The lowest BCUT2D eigenvalue weighted by Gasteiger charge is -2.31. The Labute approximate surface area is 170 Å². The van der Waals surface area contributed by atoms with E-state index in [1.807, 2.05) is 17.4 Å². The maximum absolute atomic E-state index is 13.3. The highest BCUT2D eigenvalue weighted by molar-refractivity contribution is 7.15. The van der Waals surface area contributed by atoms with Crippen LogP contribution in [0.3, 0.4) is 0 Å². The normalized spacial score (nSPS) is 18.2. The summed E-state index contributed by atoms with van der Waals surface area (Å²) in [5, 5.41) is 1.33. The molecule has 1 amide bonds. The minimum atomic E-state index is -0.0332. The van der Waals surface area contributed by atoms with E-state index in [-0.39, 0.29) is 11.9 Å². The standard InChI is InChI=1S/C24H26N2OS/c1-2-9-22(27)26-16-19-18-12-6-7-14-21(18)28-24(19)25-15-8-13-20(25)23(26)17-10-4-3-5-11-17/h3-5,8,10-11,13,15,23H,2,6-7,9,12,14,16H2,1H3/t23-/m0/s1. The van der Waals surface area contributed by atoms with Gasteiger partial charge in [0.2, 0.25) is 5.91 Å². The summed E-state index contributed by atoms with van der Waals surface area (Å²) < 4.78 is 2.36. The van der Waals surface area contributed by atoms with Crippen molar-refractivity contribution in [2.45, 2.75) is 58.0 Å². The predicted molar refractivity (Wildman–Crippen MR) is 114 cm³/mol. The molecule has 3 heterocycles. The van der Waals surface area contributed by atoms with Crippen LogP contribution in [0.2, 0.25) is 0 Å². The molecule has 0 unspecified atom stereocenters. The Morgan fingerprint density at radius 2 is 1.89 bits per heavy atom. The molecule has 1 atom stereocenters. The average Bonchev–Trinajstić information content (AvgIpc) is 3.31. The molecular formula is C24H26N2OS. The molecule has 28 heavy (non-hydrogen) atoms. The molecule has 1 aliphatic carbocycles. The highest BCUT2D eigenvalue weighted by Gasteiger charge is 2.35. The summed E-state index contributed by atoms with van der Waals surface area (Å²) in [5.74, 6) is 0.257. The number of aryl methyl sites for hydroxylation is 1. The lowest BCUT2D eigenvalue weighted by molar-refractivity contribution is -0.133. The van der Waals surface area contributed by atoms with Crippen LogP contribution in [0.5, 0.6) is 0 Å². The smallest absolute Gasteiger partial charge is 0.223 e. The number of benzene rings is 1. The molecule has 0 spiro atoms. The van der Waals surface area contributed by atoms with Gasteiger partial charge in [0.25, 0.3) is 0 Å². The monoisotopic (exact) mass is 390 g/mol. The number of nitrogens with zero attached hydrogens (tertiary/aromatic N) is 2. The number of carbonyl (C=O) groups is 1. The minimum absolute atomic E-state index is 0.0332. The van der Waals surface area contributed by atoms with Crippen molar-refractivity contribution in [1.29, 1.82) is 0 Å². The molecule has 0 N–H and O–H groups in total. The van der Waals surface area contributed by atoms with Crippen LogP contribution in [0.25, 0.3) is 5.00 Å². The molecule has 2 aromatic heterocycles. The summed E-state index contributed by atoms with van der Waals surface area (Å²) in [5.41, 5.74) is 5.30. The van der Waals surface area contributed by atoms with Crippen LogP contribution < -0.4 is 0 Å². The lowest BCUT2D eigenvalue weighted by atomic mass is 9.95.